The quantitative estimate of drug-likeness (QED) is 0.389. The van der Waals surface area contributed by atoms with Gasteiger partial charge in [-0.05, 0) is 42.2 Å². The molecule has 0 aliphatic rings. The first-order chi connectivity index (χ1) is 11.8. The zero-order valence-electron chi connectivity index (χ0n) is 13.8. The lowest BCUT2D eigenvalue weighted by atomic mass is 9.99. The van der Waals surface area contributed by atoms with E-state index >= 15 is 0 Å². The smallest absolute Gasteiger partial charge is 0.206 e. The Bertz CT molecular complexity index is 744. The number of alkyl halides is 3. The summed E-state index contributed by atoms with van der Waals surface area (Å²) >= 11 is 0. The Labute approximate surface area is 144 Å². The van der Waals surface area contributed by atoms with Crippen molar-refractivity contribution in [2.75, 3.05) is 0 Å². The molecule has 5 heteroatoms. The summed E-state index contributed by atoms with van der Waals surface area (Å²) in [6.45, 7) is 2.09. The van der Waals surface area contributed by atoms with Gasteiger partial charge in [-0.15, -0.1) is 0 Å². The van der Waals surface area contributed by atoms with Gasteiger partial charge < -0.3 is 0 Å². The van der Waals surface area contributed by atoms with Crippen LogP contribution in [0.1, 0.15) is 37.3 Å². The fourth-order valence-corrected chi connectivity index (χ4v) is 2.54. The molecule has 0 nitrogen and oxygen atoms in total. The summed E-state index contributed by atoms with van der Waals surface area (Å²) in [6, 6.07) is 8.47. The molecular formula is C20H19F5. The van der Waals surface area contributed by atoms with Crippen LogP contribution in [-0.4, -0.2) is 6.18 Å². The molecule has 0 radical (unpaired) electrons. The lowest BCUT2D eigenvalue weighted by Crippen LogP contribution is -2.00. The van der Waals surface area contributed by atoms with Crippen molar-refractivity contribution in [1.29, 1.82) is 0 Å². The lowest BCUT2D eigenvalue weighted by molar-refractivity contribution is -0.0790. The van der Waals surface area contributed by atoms with Crippen LogP contribution in [0.3, 0.4) is 0 Å². The molecule has 2 aromatic carbocycles. The van der Waals surface area contributed by atoms with Gasteiger partial charge in [0.25, 0.3) is 0 Å². The molecule has 0 saturated carbocycles. The Morgan fingerprint density at radius 2 is 1.68 bits per heavy atom. The van der Waals surface area contributed by atoms with Crippen molar-refractivity contribution >= 4 is 6.08 Å². The van der Waals surface area contributed by atoms with E-state index in [0.717, 1.165) is 37.3 Å². The molecular weight excluding hydrogens is 335 g/mol. The highest BCUT2D eigenvalue weighted by atomic mass is 19.4. The predicted octanol–water partition coefficient (Wildman–Crippen LogP) is 6.94. The molecule has 0 aromatic heterocycles. The van der Waals surface area contributed by atoms with Crippen LogP contribution in [0.25, 0.3) is 17.2 Å². The van der Waals surface area contributed by atoms with Gasteiger partial charge in [0.2, 0.25) is 0 Å². The summed E-state index contributed by atoms with van der Waals surface area (Å²) in [5, 5.41) is 0. The van der Waals surface area contributed by atoms with E-state index in [1.807, 2.05) is 0 Å². The number of hydrogen-bond acceptors (Lipinski definition) is 0. The van der Waals surface area contributed by atoms with Crippen LogP contribution in [0.4, 0.5) is 22.0 Å². The van der Waals surface area contributed by atoms with E-state index < -0.39 is 17.8 Å². The maximum absolute atomic E-state index is 14.3. The number of aryl methyl sites for hydroxylation is 1. The minimum Gasteiger partial charge on any atom is -0.206 e. The molecule has 0 spiro atoms. The van der Waals surface area contributed by atoms with E-state index in [1.165, 1.54) is 18.2 Å². The molecule has 0 saturated heterocycles. The van der Waals surface area contributed by atoms with Crippen LogP contribution in [-0.2, 0) is 6.42 Å². The first-order valence-corrected chi connectivity index (χ1v) is 8.14. The average molecular weight is 354 g/mol. The van der Waals surface area contributed by atoms with Crippen LogP contribution in [0.15, 0.2) is 42.5 Å². The SMILES string of the molecule is CCCCCc1ccc(-c2ccc(/C=C/C(F)(F)F)c(F)c2)c(F)c1. The molecule has 0 atom stereocenters. The minimum absolute atomic E-state index is 0.0310. The molecule has 0 bridgehead atoms. The van der Waals surface area contributed by atoms with Crippen LogP contribution >= 0.6 is 0 Å². The van der Waals surface area contributed by atoms with Gasteiger partial charge >= 0.3 is 6.18 Å². The molecule has 0 heterocycles. The van der Waals surface area contributed by atoms with Gasteiger partial charge in [-0.1, -0.05) is 44.0 Å². The van der Waals surface area contributed by atoms with Gasteiger partial charge in [-0.3, -0.25) is 0 Å². The highest BCUT2D eigenvalue weighted by molar-refractivity contribution is 5.67. The third-order valence-electron chi connectivity index (χ3n) is 3.87. The Morgan fingerprint density at radius 3 is 2.28 bits per heavy atom. The van der Waals surface area contributed by atoms with E-state index in [1.54, 1.807) is 12.1 Å². The van der Waals surface area contributed by atoms with E-state index in [4.69, 9.17) is 0 Å². The van der Waals surface area contributed by atoms with Crippen LogP contribution < -0.4 is 0 Å². The number of halogens is 5. The van der Waals surface area contributed by atoms with Crippen molar-refractivity contribution in [3.05, 3.63) is 65.2 Å². The van der Waals surface area contributed by atoms with Crippen molar-refractivity contribution in [3.8, 4) is 11.1 Å². The molecule has 25 heavy (non-hydrogen) atoms. The number of benzene rings is 2. The monoisotopic (exact) mass is 354 g/mol. The van der Waals surface area contributed by atoms with Crippen molar-refractivity contribution in [3.63, 3.8) is 0 Å². The van der Waals surface area contributed by atoms with Crippen molar-refractivity contribution < 1.29 is 22.0 Å². The summed E-state index contributed by atoms with van der Waals surface area (Å²) in [7, 11) is 0. The Hall–Kier alpha value is -2.17. The molecule has 0 unspecified atom stereocenters. The fraction of sp³-hybridized carbons (Fsp3) is 0.300. The fourth-order valence-electron chi connectivity index (χ4n) is 2.54. The molecule has 2 aromatic rings. The second kappa shape index (κ2) is 8.28. The summed E-state index contributed by atoms with van der Waals surface area (Å²) < 4.78 is 64.8. The number of allylic oxidation sites excluding steroid dienone is 1. The third-order valence-corrected chi connectivity index (χ3v) is 3.87. The number of unbranched alkanes of at least 4 members (excludes halogenated alkanes) is 2. The highest BCUT2D eigenvalue weighted by Gasteiger charge is 2.22. The second-order valence-electron chi connectivity index (χ2n) is 5.88. The average Bonchev–Trinajstić information content (AvgIpc) is 2.53. The molecule has 0 aliphatic carbocycles. The summed E-state index contributed by atoms with van der Waals surface area (Å²) in [5.41, 5.74) is 1.20. The molecule has 134 valence electrons. The van der Waals surface area contributed by atoms with E-state index in [-0.39, 0.29) is 17.2 Å². The van der Waals surface area contributed by atoms with E-state index in [9.17, 15) is 22.0 Å². The number of rotatable bonds is 6. The molecule has 0 fully saturated rings. The molecule has 0 amide bonds. The van der Waals surface area contributed by atoms with Crippen LogP contribution in [0.5, 0.6) is 0 Å². The van der Waals surface area contributed by atoms with Crippen LogP contribution in [0.2, 0.25) is 0 Å². The van der Waals surface area contributed by atoms with E-state index in [2.05, 4.69) is 6.92 Å². The van der Waals surface area contributed by atoms with Gasteiger partial charge in [-0.25, -0.2) is 8.78 Å². The lowest BCUT2D eigenvalue weighted by Gasteiger charge is -2.08. The highest BCUT2D eigenvalue weighted by Crippen LogP contribution is 2.27. The summed E-state index contributed by atoms with van der Waals surface area (Å²) in [4.78, 5) is 0. The van der Waals surface area contributed by atoms with Gasteiger partial charge in [0.05, 0.1) is 0 Å². The normalized spacial score (nSPS) is 12.1. The summed E-state index contributed by atoms with van der Waals surface area (Å²) in [6.07, 6.45) is 0.0229. The predicted molar refractivity (Wildman–Crippen MR) is 90.1 cm³/mol. The van der Waals surface area contributed by atoms with Gasteiger partial charge in [0.1, 0.15) is 11.6 Å². The Kier molecular flexibility index (Phi) is 6.34. The van der Waals surface area contributed by atoms with Crippen molar-refractivity contribution in [1.82, 2.24) is 0 Å². The zero-order valence-corrected chi connectivity index (χ0v) is 13.8. The van der Waals surface area contributed by atoms with E-state index in [0.29, 0.717) is 11.6 Å². The molecule has 2 rings (SSSR count). The van der Waals surface area contributed by atoms with Crippen LogP contribution in [0, 0.1) is 11.6 Å². The molecule has 0 aliphatic heterocycles. The van der Waals surface area contributed by atoms with Gasteiger partial charge in [0.15, 0.2) is 0 Å². The second-order valence-corrected chi connectivity index (χ2v) is 5.88. The van der Waals surface area contributed by atoms with Gasteiger partial charge in [0, 0.05) is 17.2 Å². The molecule has 0 N–H and O–H groups in total. The number of hydrogen-bond donors (Lipinski definition) is 0. The maximum atomic E-state index is 14.3. The van der Waals surface area contributed by atoms with Gasteiger partial charge in [-0.2, -0.15) is 13.2 Å². The maximum Gasteiger partial charge on any atom is 0.409 e. The Balaban J connectivity index is 2.21. The Morgan fingerprint density at radius 1 is 0.920 bits per heavy atom. The first-order valence-electron chi connectivity index (χ1n) is 8.14. The minimum atomic E-state index is -4.51. The third kappa shape index (κ3) is 5.69. The first kappa shape index (κ1) is 19.2. The topological polar surface area (TPSA) is 0 Å². The van der Waals surface area contributed by atoms with Crippen molar-refractivity contribution in [2.24, 2.45) is 0 Å². The van der Waals surface area contributed by atoms with Crippen molar-refractivity contribution in [2.45, 2.75) is 38.8 Å². The zero-order chi connectivity index (χ0) is 18.4. The summed E-state index contributed by atoms with van der Waals surface area (Å²) in [5.74, 6) is -1.29. The standard InChI is InChI=1S/C20H19F5/c1-2-3-4-5-14-6-9-17(19(22)12-14)16-8-7-15(18(21)13-16)10-11-20(23,24)25/h6-13H,2-5H2,1H3/b11-10+. The largest absolute Gasteiger partial charge is 0.409 e.